The minimum Gasteiger partial charge on any atom is -0.404 e. The molecule has 1 fully saturated rings. The van der Waals surface area contributed by atoms with Crippen LogP contribution in [0.2, 0.25) is 0 Å². The number of aromatic nitrogens is 5. The first-order valence-electron chi connectivity index (χ1n) is 9.65. The second-order valence-electron chi connectivity index (χ2n) is 6.91. The number of aliphatic imine (C=N–C) groups is 1. The summed E-state index contributed by atoms with van der Waals surface area (Å²) in [5, 5.41) is 8.99. The molecule has 4 heterocycles. The molecule has 0 aromatic carbocycles. The summed E-state index contributed by atoms with van der Waals surface area (Å²) in [7, 11) is 0. The van der Waals surface area contributed by atoms with Crippen molar-refractivity contribution in [2.24, 2.45) is 10.7 Å². The third kappa shape index (κ3) is 3.56. The average Bonchev–Trinajstić information content (AvgIpc) is 3.33. The molecule has 0 radical (unpaired) electrons. The summed E-state index contributed by atoms with van der Waals surface area (Å²) >= 11 is 1.91. The van der Waals surface area contributed by atoms with Gasteiger partial charge in [-0.15, -0.1) is 0 Å². The molecule has 2 N–H and O–H groups in total. The predicted octanol–water partition coefficient (Wildman–Crippen LogP) is 3.44. The highest BCUT2D eigenvalue weighted by Gasteiger charge is 2.17. The summed E-state index contributed by atoms with van der Waals surface area (Å²) in [4.78, 5) is 9.52. The minimum absolute atomic E-state index is 0.381. The first kappa shape index (κ1) is 18.7. The fourth-order valence-electron chi connectivity index (χ4n) is 3.29. The van der Waals surface area contributed by atoms with Gasteiger partial charge in [0, 0.05) is 41.3 Å². The zero-order valence-corrected chi connectivity index (χ0v) is 17.0. The van der Waals surface area contributed by atoms with Crippen molar-refractivity contribution in [1.82, 2.24) is 24.4 Å². The third-order valence-electron chi connectivity index (χ3n) is 5.10. The molecule has 1 aliphatic heterocycles. The van der Waals surface area contributed by atoms with Crippen molar-refractivity contribution in [3.05, 3.63) is 42.7 Å². The van der Waals surface area contributed by atoms with Gasteiger partial charge in [-0.1, -0.05) is 13.8 Å². The lowest BCUT2D eigenvalue weighted by Gasteiger charge is -2.20. The summed E-state index contributed by atoms with van der Waals surface area (Å²) in [5.74, 6) is 2.14. The van der Waals surface area contributed by atoms with E-state index in [9.17, 15) is 0 Å². The Labute approximate surface area is 168 Å². The van der Waals surface area contributed by atoms with Gasteiger partial charge in [-0.2, -0.15) is 22.0 Å². The Kier molecular flexibility index (Phi) is 5.47. The molecule has 4 rings (SSSR count). The summed E-state index contributed by atoms with van der Waals surface area (Å²) in [6.07, 6.45) is 13.1. The molecule has 146 valence electrons. The highest BCUT2D eigenvalue weighted by molar-refractivity contribution is 8.00. The van der Waals surface area contributed by atoms with Crippen molar-refractivity contribution in [2.75, 3.05) is 11.5 Å². The van der Waals surface area contributed by atoms with E-state index >= 15 is 0 Å². The Balaban J connectivity index is 1.74. The normalized spacial score (nSPS) is 15.8. The quantitative estimate of drug-likeness (QED) is 0.619. The number of hydrogen-bond acceptors (Lipinski definition) is 6. The summed E-state index contributed by atoms with van der Waals surface area (Å²) in [5.41, 5.74) is 10.2. The molecule has 0 amide bonds. The molecule has 3 aromatic rings. The van der Waals surface area contributed by atoms with Crippen molar-refractivity contribution in [1.29, 1.82) is 0 Å². The van der Waals surface area contributed by atoms with Crippen LogP contribution < -0.4 is 5.73 Å². The number of allylic oxidation sites excluding steroid dienone is 1. The van der Waals surface area contributed by atoms with Gasteiger partial charge in [0.1, 0.15) is 0 Å². The van der Waals surface area contributed by atoms with Gasteiger partial charge in [0.2, 0.25) is 0 Å². The number of hydrogen-bond donors (Lipinski definition) is 1. The summed E-state index contributed by atoms with van der Waals surface area (Å²) < 4.78 is 3.87. The van der Waals surface area contributed by atoms with Crippen LogP contribution in [0.25, 0.3) is 22.3 Å². The SMILES string of the molecule is CCC(CC)n1cc(-c2nc(C(C=NC3CSC3)=CN)cn3nccc23)cn1. The van der Waals surface area contributed by atoms with E-state index in [1.807, 2.05) is 45.6 Å². The highest BCUT2D eigenvalue weighted by atomic mass is 32.2. The van der Waals surface area contributed by atoms with E-state index in [0.29, 0.717) is 12.1 Å². The molecule has 0 saturated carbocycles. The van der Waals surface area contributed by atoms with Crippen LogP contribution in [0.4, 0.5) is 0 Å². The van der Waals surface area contributed by atoms with Crippen LogP contribution in [0, 0.1) is 0 Å². The molecule has 0 bridgehead atoms. The lowest BCUT2D eigenvalue weighted by Crippen LogP contribution is -2.22. The van der Waals surface area contributed by atoms with Crippen LogP contribution in [-0.4, -0.2) is 48.1 Å². The summed E-state index contributed by atoms with van der Waals surface area (Å²) in [6.45, 7) is 4.36. The third-order valence-corrected chi connectivity index (χ3v) is 6.34. The van der Waals surface area contributed by atoms with E-state index in [0.717, 1.165) is 52.4 Å². The van der Waals surface area contributed by atoms with E-state index in [1.54, 1.807) is 12.4 Å². The van der Waals surface area contributed by atoms with Crippen molar-refractivity contribution >= 4 is 29.1 Å². The van der Waals surface area contributed by atoms with Gasteiger partial charge in [0.05, 0.1) is 47.6 Å². The largest absolute Gasteiger partial charge is 0.404 e. The zero-order valence-electron chi connectivity index (χ0n) is 16.2. The Morgan fingerprint density at radius 2 is 2.14 bits per heavy atom. The zero-order chi connectivity index (χ0) is 19.5. The number of nitrogens with zero attached hydrogens (tertiary/aromatic N) is 6. The molecule has 0 atom stereocenters. The summed E-state index contributed by atoms with van der Waals surface area (Å²) in [6, 6.07) is 2.74. The van der Waals surface area contributed by atoms with E-state index in [4.69, 9.17) is 10.7 Å². The van der Waals surface area contributed by atoms with Crippen molar-refractivity contribution in [3.8, 4) is 11.3 Å². The molecule has 0 spiro atoms. The van der Waals surface area contributed by atoms with Gasteiger partial charge in [-0.3, -0.25) is 9.67 Å². The fraction of sp³-hybridized carbons (Fsp3) is 0.400. The van der Waals surface area contributed by atoms with Crippen LogP contribution in [0.15, 0.2) is 42.0 Å². The molecule has 8 heteroatoms. The lowest BCUT2D eigenvalue weighted by atomic mass is 10.1. The Bertz CT molecular complexity index is 1010. The Morgan fingerprint density at radius 3 is 2.82 bits per heavy atom. The monoisotopic (exact) mass is 395 g/mol. The van der Waals surface area contributed by atoms with E-state index in [-0.39, 0.29) is 0 Å². The maximum absolute atomic E-state index is 5.89. The number of rotatable bonds is 7. The average molecular weight is 396 g/mol. The van der Waals surface area contributed by atoms with Gasteiger partial charge < -0.3 is 5.73 Å². The van der Waals surface area contributed by atoms with E-state index in [2.05, 4.69) is 35.2 Å². The van der Waals surface area contributed by atoms with Crippen molar-refractivity contribution in [2.45, 2.75) is 38.8 Å². The Morgan fingerprint density at radius 1 is 1.32 bits per heavy atom. The van der Waals surface area contributed by atoms with Crippen LogP contribution in [0.3, 0.4) is 0 Å². The minimum atomic E-state index is 0.381. The van der Waals surface area contributed by atoms with Gasteiger partial charge in [-0.05, 0) is 18.9 Å². The van der Waals surface area contributed by atoms with Gasteiger partial charge in [0.15, 0.2) is 0 Å². The first-order valence-corrected chi connectivity index (χ1v) is 10.8. The Hall–Kier alpha value is -2.61. The van der Waals surface area contributed by atoms with E-state index in [1.165, 1.54) is 0 Å². The van der Waals surface area contributed by atoms with Crippen LogP contribution in [0.1, 0.15) is 38.4 Å². The topological polar surface area (TPSA) is 86.4 Å². The molecular weight excluding hydrogens is 370 g/mol. The second kappa shape index (κ2) is 8.18. The fourth-order valence-corrected chi connectivity index (χ4v) is 3.91. The molecule has 3 aromatic heterocycles. The molecule has 0 unspecified atom stereocenters. The molecule has 0 aliphatic carbocycles. The van der Waals surface area contributed by atoms with Crippen molar-refractivity contribution in [3.63, 3.8) is 0 Å². The second-order valence-corrected chi connectivity index (χ2v) is 7.98. The number of nitrogens with two attached hydrogens (primary N) is 1. The highest BCUT2D eigenvalue weighted by Crippen LogP contribution is 2.27. The van der Waals surface area contributed by atoms with Gasteiger partial charge >= 0.3 is 0 Å². The smallest absolute Gasteiger partial charge is 0.0999 e. The molecule has 1 saturated heterocycles. The van der Waals surface area contributed by atoms with Crippen LogP contribution in [-0.2, 0) is 0 Å². The maximum Gasteiger partial charge on any atom is 0.0999 e. The van der Waals surface area contributed by atoms with Gasteiger partial charge in [0.25, 0.3) is 0 Å². The number of thioether (sulfide) groups is 1. The molecule has 7 nitrogen and oxygen atoms in total. The van der Waals surface area contributed by atoms with E-state index < -0.39 is 0 Å². The van der Waals surface area contributed by atoms with Gasteiger partial charge in [-0.25, -0.2) is 9.50 Å². The van der Waals surface area contributed by atoms with Crippen molar-refractivity contribution < 1.29 is 0 Å². The molecule has 28 heavy (non-hydrogen) atoms. The molecule has 1 aliphatic rings. The first-order chi connectivity index (χ1) is 13.7. The lowest BCUT2D eigenvalue weighted by molar-refractivity contribution is 0.428. The molecular formula is C20H25N7S. The predicted molar refractivity (Wildman–Crippen MR) is 116 cm³/mol. The number of fused-ring (bicyclic) bond motifs is 1. The standard InChI is InChI=1S/C20H25N7S/c1-3-17(4-2)26-10-15(9-24-26)20-19-5-6-23-27(19)11-18(25-20)14(7-21)8-22-16-12-28-13-16/h5-11,16-17H,3-4,12-13,21H2,1-2H3. The van der Waals surface area contributed by atoms with Crippen LogP contribution in [0.5, 0.6) is 0 Å². The maximum atomic E-state index is 5.89. The van der Waals surface area contributed by atoms with Crippen LogP contribution >= 0.6 is 11.8 Å².